The Kier molecular flexibility index (Phi) is 49.5. The zero-order chi connectivity index (χ0) is 66.1. The minimum absolute atomic E-state index is 0. The average molecular weight is 1300 g/mol. The highest BCUT2D eigenvalue weighted by atomic mass is 17.2. The number of benzene rings is 9. The zero-order valence-corrected chi connectivity index (χ0v) is 55.6. The van der Waals surface area contributed by atoms with E-state index in [1.54, 1.807) is 76.2 Å². The maximum absolute atomic E-state index is 10.6. The molecule has 9 heteroatoms. The second-order valence-corrected chi connectivity index (χ2v) is 24.6. The van der Waals surface area contributed by atoms with E-state index in [0.717, 1.165) is 50.1 Å². The summed E-state index contributed by atoms with van der Waals surface area (Å²) in [6, 6.07) is 87.7. The summed E-state index contributed by atoms with van der Waals surface area (Å²) in [7, 11) is 0. The van der Waals surface area contributed by atoms with Crippen LogP contribution >= 0.6 is 0 Å². The lowest BCUT2D eigenvalue weighted by molar-refractivity contribution is -0.410. The summed E-state index contributed by atoms with van der Waals surface area (Å²) in [5.74, 6) is 0.121. The molecule has 0 fully saturated rings. The predicted molar refractivity (Wildman–Crippen MR) is 411 cm³/mol. The third-order valence-corrected chi connectivity index (χ3v) is 13.2. The number of aliphatic hydroxyl groups is 5. The fourth-order valence-electron chi connectivity index (χ4n) is 7.61. The van der Waals surface area contributed by atoms with Gasteiger partial charge in [0, 0.05) is 5.56 Å². The molecule has 0 amide bonds. The maximum atomic E-state index is 10.6. The van der Waals surface area contributed by atoms with Crippen LogP contribution in [0.1, 0.15) is 210 Å². The Morgan fingerprint density at radius 1 is 0.263 bits per heavy atom. The van der Waals surface area contributed by atoms with Gasteiger partial charge in [-0.2, -0.15) is 0 Å². The van der Waals surface area contributed by atoms with Gasteiger partial charge in [0.05, 0.1) is 28.0 Å². The third kappa shape index (κ3) is 41.5. The molecule has 0 unspecified atom stereocenters. The van der Waals surface area contributed by atoms with Crippen LogP contribution in [-0.4, -0.2) is 36.8 Å². The molecule has 0 aromatic heterocycles. The van der Waals surface area contributed by atoms with Crippen molar-refractivity contribution in [2.75, 3.05) is 0 Å². The molecule has 0 aliphatic heterocycles. The van der Waals surface area contributed by atoms with Crippen LogP contribution < -0.4 is 0 Å². The average Bonchev–Trinajstić information content (AvgIpc) is 0.855. The number of carbonyl (C=O) groups excluding carboxylic acids is 1. The van der Waals surface area contributed by atoms with Crippen LogP contribution in [0.3, 0.4) is 0 Å². The molecule has 9 aromatic carbocycles. The van der Waals surface area contributed by atoms with Gasteiger partial charge in [0.15, 0.2) is 5.78 Å². The summed E-state index contributed by atoms with van der Waals surface area (Å²) >= 11 is 0. The number of carbonyl (C=O) groups is 1. The first kappa shape index (κ1) is 98.1. The molecule has 7 N–H and O–H groups in total. The standard InChI is InChI=1S/C18H22O2.5C9H12O.C9H10.C8H8O.6CH4.H2O/c1-17(2,15-11-7-5-8-12-15)19-20-18(3,4)16-13-9-6-10-14-16;5*1-9(2,10)8-6-4-3-5-7-8;1-8(2)9-6-4-3-5-7-9;1-7(9)8-5-3-2-4-6-8;;;;;;;/h5-14H,1-4H3;5*3-7,10H,1-2H3;3-7H,1H2,2H3;2-6H,1H3;6*1H4;1H2. The molecule has 0 atom stereocenters. The largest absolute Gasteiger partial charge is 0.412 e. The molecule has 0 radical (unpaired) electrons. The SMILES string of the molecule is C.C.C.C.C.C.C=C(C)c1ccccc1.CC(=O)c1ccccc1.CC(C)(O)c1ccccc1.CC(C)(O)c1ccccc1.CC(C)(O)c1ccccc1.CC(C)(O)c1ccccc1.CC(C)(O)c1ccccc1.CC(C)(OOC(C)(C)c1ccccc1)c1ccccc1.O. The summed E-state index contributed by atoms with van der Waals surface area (Å²) in [5, 5.41) is 47.4. The fraction of sp³-hybridized carbons (Fsp3) is 0.337. The molecule has 0 saturated carbocycles. The molecular weight excluding hydrogens is 1180 g/mol. The predicted octanol–water partition coefficient (Wildman–Crippen LogP) is 22.0. The van der Waals surface area contributed by atoms with Crippen LogP contribution in [0.5, 0.6) is 0 Å². The van der Waals surface area contributed by atoms with Crippen LogP contribution in [0, 0.1) is 0 Å². The lowest BCUT2D eigenvalue weighted by atomic mass is 9.98. The summed E-state index contributed by atoms with van der Waals surface area (Å²) in [6.07, 6.45) is 0. The van der Waals surface area contributed by atoms with Crippen molar-refractivity contribution < 1.29 is 45.6 Å². The number of allylic oxidation sites excluding steroid dienone is 1. The van der Waals surface area contributed by atoms with E-state index in [0.29, 0.717) is 0 Å². The van der Waals surface area contributed by atoms with Crippen LogP contribution in [0.15, 0.2) is 280 Å². The van der Waals surface area contributed by atoms with E-state index >= 15 is 0 Å². The van der Waals surface area contributed by atoms with Crippen molar-refractivity contribution in [1.29, 1.82) is 0 Å². The van der Waals surface area contributed by atoms with Crippen molar-refractivity contribution in [1.82, 2.24) is 0 Å². The quantitative estimate of drug-likeness (QED) is 0.0458. The molecule has 0 heterocycles. The zero-order valence-electron chi connectivity index (χ0n) is 55.6. The number of hydrogen-bond acceptors (Lipinski definition) is 8. The Labute approximate surface area is 578 Å². The Hall–Kier alpha value is -7.93. The van der Waals surface area contributed by atoms with Crippen LogP contribution in [0.25, 0.3) is 5.57 Å². The van der Waals surface area contributed by atoms with Gasteiger partial charge in [-0.15, -0.1) is 0 Å². The second-order valence-electron chi connectivity index (χ2n) is 24.6. The van der Waals surface area contributed by atoms with Crippen molar-refractivity contribution in [3.05, 3.63) is 330 Å². The molecule has 95 heavy (non-hydrogen) atoms. The van der Waals surface area contributed by atoms with Gasteiger partial charge in [0.2, 0.25) is 0 Å². The maximum Gasteiger partial charge on any atom is 0.159 e. The smallest absolute Gasteiger partial charge is 0.159 e. The van der Waals surface area contributed by atoms with Gasteiger partial charge in [0.25, 0.3) is 0 Å². The number of Topliss-reactive ketones (excluding diaryl/α,β-unsaturated/α-hetero) is 1. The molecule has 9 rings (SSSR count). The van der Waals surface area contributed by atoms with E-state index in [-0.39, 0.29) is 55.8 Å². The monoisotopic (exact) mass is 1300 g/mol. The van der Waals surface area contributed by atoms with Crippen molar-refractivity contribution in [2.24, 2.45) is 0 Å². The topological polar surface area (TPSA) is 168 Å². The lowest BCUT2D eigenvalue weighted by Crippen LogP contribution is -2.29. The highest BCUT2D eigenvalue weighted by Gasteiger charge is 2.29. The Balaban J connectivity index is -0.000000240. The first-order valence-electron chi connectivity index (χ1n) is 29.7. The summed E-state index contributed by atoms with van der Waals surface area (Å²) in [6.45, 7) is 33.2. The van der Waals surface area contributed by atoms with Gasteiger partial charge in [-0.05, 0) is 155 Å². The van der Waals surface area contributed by atoms with Crippen LogP contribution in [0.2, 0.25) is 0 Å². The first-order chi connectivity index (χ1) is 41.1. The number of hydrogen-bond donors (Lipinski definition) is 5. The highest BCUT2D eigenvalue weighted by molar-refractivity contribution is 5.93. The normalized spacial score (nSPS) is 10.4. The molecule has 9 nitrogen and oxygen atoms in total. The van der Waals surface area contributed by atoms with Crippen LogP contribution in [0.4, 0.5) is 0 Å². The molecule has 9 aromatic rings. The van der Waals surface area contributed by atoms with Gasteiger partial charge in [-0.25, -0.2) is 9.78 Å². The molecular formula is C86H126O9. The van der Waals surface area contributed by atoms with Gasteiger partial charge in [-0.1, -0.05) is 330 Å². The van der Waals surface area contributed by atoms with Crippen LogP contribution in [-0.2, 0) is 49.0 Å². The molecule has 0 aliphatic carbocycles. The Bertz CT molecular complexity index is 2850. The van der Waals surface area contributed by atoms with Gasteiger partial charge < -0.3 is 31.0 Å². The van der Waals surface area contributed by atoms with Crippen molar-refractivity contribution in [2.45, 2.75) is 195 Å². The van der Waals surface area contributed by atoms with E-state index < -0.39 is 39.2 Å². The van der Waals surface area contributed by atoms with E-state index in [1.807, 2.05) is 295 Å². The molecule has 0 aliphatic rings. The Morgan fingerprint density at radius 3 is 0.505 bits per heavy atom. The minimum atomic E-state index is -0.707. The first-order valence-corrected chi connectivity index (χ1v) is 29.7. The van der Waals surface area contributed by atoms with Crippen molar-refractivity contribution >= 4 is 11.4 Å². The van der Waals surface area contributed by atoms with E-state index in [2.05, 4.69) is 18.7 Å². The van der Waals surface area contributed by atoms with Gasteiger partial charge >= 0.3 is 0 Å². The summed E-state index contributed by atoms with van der Waals surface area (Å²) in [5.41, 5.74) is 5.54. The van der Waals surface area contributed by atoms with E-state index in [9.17, 15) is 30.3 Å². The molecule has 0 spiro atoms. The summed E-state index contributed by atoms with van der Waals surface area (Å²) in [4.78, 5) is 22.1. The minimum Gasteiger partial charge on any atom is -0.412 e. The van der Waals surface area contributed by atoms with E-state index in [4.69, 9.17) is 9.78 Å². The van der Waals surface area contributed by atoms with Crippen molar-refractivity contribution in [3.63, 3.8) is 0 Å². The second kappa shape index (κ2) is 47.9. The van der Waals surface area contributed by atoms with Gasteiger partial charge in [-0.3, -0.25) is 4.79 Å². The highest BCUT2D eigenvalue weighted by Crippen LogP contribution is 2.31. The van der Waals surface area contributed by atoms with Gasteiger partial charge in [0.1, 0.15) is 11.2 Å². The third-order valence-electron chi connectivity index (χ3n) is 13.2. The molecule has 524 valence electrons. The summed E-state index contributed by atoms with van der Waals surface area (Å²) < 4.78 is 0. The van der Waals surface area contributed by atoms with E-state index in [1.165, 1.54) is 5.56 Å². The Morgan fingerprint density at radius 2 is 0.400 bits per heavy atom. The fourth-order valence-corrected chi connectivity index (χ4v) is 7.61. The molecule has 0 saturated heterocycles. The van der Waals surface area contributed by atoms with Crippen molar-refractivity contribution in [3.8, 4) is 0 Å². The number of ketones is 1. The lowest BCUT2D eigenvalue weighted by Gasteiger charge is -2.31. The number of rotatable bonds is 12. The molecule has 0 bridgehead atoms.